The number of rotatable bonds is 5. The smallest absolute Gasteiger partial charge is 0.346 e. The third-order valence-electron chi connectivity index (χ3n) is 2.33. The molecule has 0 aliphatic rings. The summed E-state index contributed by atoms with van der Waals surface area (Å²) in [5, 5.41) is 5.49. The summed E-state index contributed by atoms with van der Waals surface area (Å²) >= 11 is 1.48. The molecule has 1 aromatic rings. The summed E-state index contributed by atoms with van der Waals surface area (Å²) in [6.07, 6.45) is -2.68. The molecule has 1 rings (SSSR count). The minimum atomic E-state index is -4.39. The Bertz CT molecular complexity index is 443. The second-order valence-electron chi connectivity index (χ2n) is 4.65. The van der Waals surface area contributed by atoms with E-state index in [0.29, 0.717) is 0 Å². The van der Waals surface area contributed by atoms with Crippen molar-refractivity contribution < 1.29 is 18.0 Å². The van der Waals surface area contributed by atoms with Crippen LogP contribution in [0.4, 0.5) is 13.2 Å². The Morgan fingerprint density at radius 2 is 2.05 bits per heavy atom. The van der Waals surface area contributed by atoms with Crippen LogP contribution in [0.15, 0.2) is 6.20 Å². The van der Waals surface area contributed by atoms with Crippen molar-refractivity contribution in [1.29, 1.82) is 0 Å². The van der Waals surface area contributed by atoms with Gasteiger partial charge in [-0.2, -0.15) is 13.2 Å². The summed E-state index contributed by atoms with van der Waals surface area (Å²) in [6.45, 7) is 4.05. The Morgan fingerprint density at radius 3 is 2.53 bits per heavy atom. The van der Waals surface area contributed by atoms with E-state index in [4.69, 9.17) is 0 Å². The van der Waals surface area contributed by atoms with Gasteiger partial charge in [0.05, 0.1) is 12.1 Å². The largest absolute Gasteiger partial charge is 0.405 e. The molecular formula is C11H16F3N3OS. The molecule has 2 N–H and O–H groups in total. The van der Waals surface area contributed by atoms with E-state index < -0.39 is 24.2 Å². The zero-order valence-electron chi connectivity index (χ0n) is 10.9. The Morgan fingerprint density at radius 1 is 1.42 bits per heavy atom. The molecule has 1 amide bonds. The van der Waals surface area contributed by atoms with Crippen LogP contribution in [0.3, 0.4) is 0 Å². The molecule has 0 bridgehead atoms. The summed E-state index contributed by atoms with van der Waals surface area (Å²) in [7, 11) is 0. The van der Waals surface area contributed by atoms with Gasteiger partial charge in [-0.3, -0.25) is 10.1 Å². The highest BCUT2D eigenvalue weighted by Gasteiger charge is 2.28. The minimum Gasteiger partial charge on any atom is -0.346 e. The molecule has 1 aromatic heterocycles. The molecule has 0 aromatic carbocycles. The third kappa shape index (κ3) is 5.56. The van der Waals surface area contributed by atoms with Gasteiger partial charge in [0, 0.05) is 11.1 Å². The fourth-order valence-electron chi connectivity index (χ4n) is 1.28. The number of hydrogen-bond acceptors (Lipinski definition) is 4. The van der Waals surface area contributed by atoms with Crippen molar-refractivity contribution in [3.05, 3.63) is 16.1 Å². The number of carbonyl (C=O) groups excluding carboxylic acids is 1. The van der Waals surface area contributed by atoms with E-state index in [1.807, 2.05) is 26.1 Å². The maximum atomic E-state index is 11.9. The first-order valence-electron chi connectivity index (χ1n) is 5.61. The van der Waals surface area contributed by atoms with E-state index in [1.54, 1.807) is 6.20 Å². The number of carbonyl (C=O) groups is 1. The number of nitrogens with zero attached hydrogens (tertiary/aromatic N) is 1. The second kappa shape index (κ2) is 5.87. The van der Waals surface area contributed by atoms with Crippen molar-refractivity contribution in [3.8, 4) is 0 Å². The van der Waals surface area contributed by atoms with E-state index in [1.165, 1.54) is 11.3 Å². The van der Waals surface area contributed by atoms with Gasteiger partial charge in [-0.1, -0.05) is 0 Å². The highest BCUT2D eigenvalue weighted by Crippen LogP contribution is 2.24. The summed E-state index contributed by atoms with van der Waals surface area (Å²) in [6, 6.07) is 0. The average molecular weight is 295 g/mol. The van der Waals surface area contributed by atoms with Crippen LogP contribution in [0.5, 0.6) is 0 Å². The van der Waals surface area contributed by atoms with Crippen molar-refractivity contribution >= 4 is 17.2 Å². The van der Waals surface area contributed by atoms with Crippen molar-refractivity contribution in [2.24, 2.45) is 0 Å². The highest BCUT2D eigenvalue weighted by atomic mass is 32.1. The van der Waals surface area contributed by atoms with E-state index in [2.05, 4.69) is 10.3 Å². The number of thiazole rings is 1. The molecule has 19 heavy (non-hydrogen) atoms. The van der Waals surface area contributed by atoms with Crippen LogP contribution in [-0.2, 0) is 10.3 Å². The number of aryl methyl sites for hydroxylation is 1. The van der Waals surface area contributed by atoms with Crippen LogP contribution in [0, 0.1) is 6.92 Å². The number of halogens is 3. The van der Waals surface area contributed by atoms with Gasteiger partial charge >= 0.3 is 6.18 Å². The molecule has 0 atom stereocenters. The van der Waals surface area contributed by atoms with Crippen LogP contribution in [0.25, 0.3) is 0 Å². The van der Waals surface area contributed by atoms with E-state index in [0.717, 1.165) is 9.88 Å². The first-order chi connectivity index (χ1) is 8.60. The van der Waals surface area contributed by atoms with Crippen LogP contribution < -0.4 is 10.6 Å². The molecular weight excluding hydrogens is 279 g/mol. The van der Waals surface area contributed by atoms with Crippen molar-refractivity contribution in [3.63, 3.8) is 0 Å². The van der Waals surface area contributed by atoms with Gasteiger partial charge in [-0.05, 0) is 20.8 Å². The summed E-state index contributed by atoms with van der Waals surface area (Å²) in [5.74, 6) is -0.696. The molecule has 8 heteroatoms. The minimum absolute atomic E-state index is 0.193. The standard InChI is InChI=1S/C11H16F3N3OS/c1-7-4-15-9(19-7)10(2,3)17-5-8(18)16-6-11(12,13)14/h4,17H,5-6H2,1-3H3,(H,16,18). The topological polar surface area (TPSA) is 54.0 Å². The number of nitrogens with one attached hydrogen (secondary N) is 2. The van der Waals surface area contributed by atoms with E-state index in [-0.39, 0.29) is 6.54 Å². The van der Waals surface area contributed by atoms with Gasteiger partial charge in [-0.25, -0.2) is 4.98 Å². The van der Waals surface area contributed by atoms with E-state index >= 15 is 0 Å². The molecule has 0 aliphatic heterocycles. The molecule has 1 heterocycles. The van der Waals surface area contributed by atoms with Crippen LogP contribution in [0.1, 0.15) is 23.7 Å². The van der Waals surface area contributed by atoms with Gasteiger partial charge in [0.2, 0.25) is 5.91 Å². The van der Waals surface area contributed by atoms with Gasteiger partial charge < -0.3 is 5.32 Å². The van der Waals surface area contributed by atoms with Crippen molar-refractivity contribution in [2.45, 2.75) is 32.5 Å². The molecule has 0 aliphatic carbocycles. The van der Waals surface area contributed by atoms with Crippen LogP contribution >= 0.6 is 11.3 Å². The fraction of sp³-hybridized carbons (Fsp3) is 0.636. The molecule has 0 unspecified atom stereocenters. The lowest BCUT2D eigenvalue weighted by Gasteiger charge is -2.23. The zero-order valence-corrected chi connectivity index (χ0v) is 11.7. The fourth-order valence-corrected chi connectivity index (χ4v) is 2.12. The summed E-state index contributed by atoms with van der Waals surface area (Å²) < 4.78 is 35.7. The van der Waals surface area contributed by atoms with Crippen molar-refractivity contribution in [2.75, 3.05) is 13.1 Å². The first kappa shape index (κ1) is 15.9. The van der Waals surface area contributed by atoms with Gasteiger partial charge in [0.1, 0.15) is 11.6 Å². The predicted octanol–water partition coefficient (Wildman–Crippen LogP) is 1.95. The van der Waals surface area contributed by atoms with Gasteiger partial charge in [0.15, 0.2) is 0 Å². The summed E-state index contributed by atoms with van der Waals surface area (Å²) in [5.41, 5.74) is -0.561. The normalized spacial score (nSPS) is 12.5. The first-order valence-corrected chi connectivity index (χ1v) is 6.43. The molecule has 108 valence electrons. The lowest BCUT2D eigenvalue weighted by molar-refractivity contribution is -0.138. The van der Waals surface area contributed by atoms with Crippen molar-refractivity contribution in [1.82, 2.24) is 15.6 Å². The molecule has 0 spiro atoms. The quantitative estimate of drug-likeness (QED) is 0.873. The molecule has 0 saturated heterocycles. The lowest BCUT2D eigenvalue weighted by atomic mass is 10.1. The SMILES string of the molecule is Cc1cnc(C(C)(C)NCC(=O)NCC(F)(F)F)s1. The Balaban J connectivity index is 2.45. The van der Waals surface area contributed by atoms with Crippen LogP contribution in [0.2, 0.25) is 0 Å². The lowest BCUT2D eigenvalue weighted by Crippen LogP contribution is -2.45. The highest BCUT2D eigenvalue weighted by molar-refractivity contribution is 7.11. The monoisotopic (exact) mass is 295 g/mol. The van der Waals surface area contributed by atoms with Gasteiger partial charge in [0.25, 0.3) is 0 Å². The maximum Gasteiger partial charge on any atom is 0.405 e. The third-order valence-corrected chi connectivity index (χ3v) is 3.57. The second-order valence-corrected chi connectivity index (χ2v) is 5.88. The Hall–Kier alpha value is -1.15. The Kier molecular flexibility index (Phi) is 4.92. The molecule has 0 saturated carbocycles. The van der Waals surface area contributed by atoms with Crippen LogP contribution in [-0.4, -0.2) is 30.2 Å². The number of hydrogen-bond donors (Lipinski definition) is 2. The average Bonchev–Trinajstić information content (AvgIpc) is 2.70. The molecule has 4 nitrogen and oxygen atoms in total. The van der Waals surface area contributed by atoms with Gasteiger partial charge in [-0.15, -0.1) is 11.3 Å². The van der Waals surface area contributed by atoms with E-state index in [9.17, 15) is 18.0 Å². The summed E-state index contributed by atoms with van der Waals surface area (Å²) in [4.78, 5) is 16.5. The number of amides is 1. The molecule has 0 fully saturated rings. The number of aromatic nitrogens is 1. The maximum absolute atomic E-state index is 11.9. The zero-order chi connectivity index (χ0) is 14.7. The predicted molar refractivity (Wildman–Crippen MR) is 66.9 cm³/mol. The Labute approximate surface area is 113 Å². The number of alkyl halides is 3. The molecule has 0 radical (unpaired) electrons.